The molecule has 0 aliphatic heterocycles. The van der Waals surface area contributed by atoms with Crippen LogP contribution in [0.4, 0.5) is 0 Å². The topological polar surface area (TPSA) is 12.4 Å². The van der Waals surface area contributed by atoms with Gasteiger partial charge in [0, 0.05) is 7.05 Å². The average Bonchev–Trinajstić information content (AvgIpc) is 1.68. The van der Waals surface area contributed by atoms with Crippen molar-refractivity contribution >= 4 is 26.3 Å². The molecule has 0 amide bonds. The molecule has 0 saturated carbocycles. The molecule has 40 valence electrons. The van der Waals surface area contributed by atoms with Gasteiger partial charge in [-0.3, -0.25) is 4.99 Å². The molecular weight excluding hydrogens is 201 g/mol. The minimum atomic E-state index is 1.04. The third-order valence-corrected chi connectivity index (χ3v) is 1.36. The van der Waals surface area contributed by atoms with Crippen molar-refractivity contribution in [3.8, 4) is 0 Å². The Balaban J connectivity index is 3.58. The highest BCUT2D eigenvalue weighted by atomic mass is 127. The first-order valence-electron chi connectivity index (χ1n) is 2.06. The summed E-state index contributed by atoms with van der Waals surface area (Å²) in [5.41, 5.74) is 0. The van der Waals surface area contributed by atoms with E-state index in [0.717, 1.165) is 3.72 Å². The molecule has 0 aliphatic rings. The quantitative estimate of drug-likeness (QED) is 0.462. The summed E-state index contributed by atoms with van der Waals surface area (Å²) in [5.74, 6) is 0. The van der Waals surface area contributed by atoms with Gasteiger partial charge in [-0.1, -0.05) is 6.08 Å². The smallest absolute Gasteiger partial charge is 0.0947 e. The van der Waals surface area contributed by atoms with Gasteiger partial charge in [-0.05, 0) is 35.6 Å². The van der Waals surface area contributed by atoms with Gasteiger partial charge in [0.25, 0.3) is 0 Å². The Morgan fingerprint density at radius 2 is 2.29 bits per heavy atom. The number of rotatable bonds is 1. The maximum atomic E-state index is 3.89. The number of nitrogens with zero attached hydrogens (tertiary/aromatic N) is 1. The van der Waals surface area contributed by atoms with E-state index in [4.69, 9.17) is 0 Å². The zero-order valence-electron chi connectivity index (χ0n) is 4.48. The second-order valence-electron chi connectivity index (χ2n) is 1.05. The van der Waals surface area contributed by atoms with Gasteiger partial charge in [0.05, 0.1) is 3.72 Å². The van der Waals surface area contributed by atoms with Gasteiger partial charge in [-0.25, -0.2) is 0 Å². The van der Waals surface area contributed by atoms with Crippen molar-refractivity contribution in [3.63, 3.8) is 0 Å². The molecule has 0 aromatic rings. The minimum absolute atomic E-state index is 1.04. The second kappa shape index (κ2) is 4.30. The van der Waals surface area contributed by atoms with Crippen molar-refractivity contribution in [3.05, 3.63) is 12.2 Å². The van der Waals surface area contributed by atoms with Crippen LogP contribution < -0.4 is 0 Å². The number of aliphatic imine (C=N–C) groups is 1. The van der Waals surface area contributed by atoms with Crippen LogP contribution in [0.2, 0.25) is 0 Å². The Kier molecular flexibility index (Phi) is 4.39. The van der Waals surface area contributed by atoms with E-state index in [9.17, 15) is 0 Å². The summed E-state index contributed by atoms with van der Waals surface area (Å²) in [5, 5.41) is 0. The molecule has 7 heavy (non-hydrogen) atoms. The van der Waals surface area contributed by atoms with Crippen molar-refractivity contribution in [2.75, 3.05) is 7.05 Å². The number of allylic oxidation sites excluding steroid dienone is 2. The lowest BCUT2D eigenvalue weighted by Gasteiger charge is -1.78. The van der Waals surface area contributed by atoms with E-state index in [-0.39, 0.29) is 0 Å². The van der Waals surface area contributed by atoms with Crippen LogP contribution in [0.5, 0.6) is 0 Å². The fourth-order valence-electron chi connectivity index (χ4n) is 0.212. The predicted molar refractivity (Wildman–Crippen MR) is 42.2 cm³/mol. The summed E-state index contributed by atoms with van der Waals surface area (Å²) in [6.45, 7) is 1.98. The standard InChI is InChI=1S/C5H8IN/c1-3-4-5(6)7-2/h3-4H,1-2H3/b4-3-,7-5?. The van der Waals surface area contributed by atoms with E-state index in [2.05, 4.69) is 27.6 Å². The van der Waals surface area contributed by atoms with Crippen molar-refractivity contribution in [1.82, 2.24) is 0 Å². The highest BCUT2D eigenvalue weighted by Gasteiger charge is 1.74. The van der Waals surface area contributed by atoms with Crippen LogP contribution >= 0.6 is 22.6 Å². The number of halogens is 1. The fraction of sp³-hybridized carbons (Fsp3) is 0.400. The van der Waals surface area contributed by atoms with Crippen LogP contribution in [0.15, 0.2) is 17.1 Å². The van der Waals surface area contributed by atoms with Crippen molar-refractivity contribution in [2.45, 2.75) is 6.92 Å². The first kappa shape index (κ1) is 7.14. The van der Waals surface area contributed by atoms with Crippen LogP contribution in [0.1, 0.15) is 6.92 Å². The van der Waals surface area contributed by atoms with Gasteiger partial charge in [-0.15, -0.1) is 0 Å². The van der Waals surface area contributed by atoms with Crippen molar-refractivity contribution < 1.29 is 0 Å². The minimum Gasteiger partial charge on any atom is -0.282 e. The molecule has 0 radical (unpaired) electrons. The number of hydrogen-bond acceptors (Lipinski definition) is 1. The normalized spacial score (nSPS) is 13.3. The lowest BCUT2D eigenvalue weighted by atomic mass is 10.6. The zero-order chi connectivity index (χ0) is 5.70. The summed E-state index contributed by atoms with van der Waals surface area (Å²) in [6.07, 6.45) is 3.93. The lowest BCUT2D eigenvalue weighted by molar-refractivity contribution is 1.47. The first-order valence-corrected chi connectivity index (χ1v) is 3.14. The molecule has 0 bridgehead atoms. The Labute approximate surface area is 57.7 Å². The van der Waals surface area contributed by atoms with Gasteiger partial charge in [0.2, 0.25) is 0 Å². The Morgan fingerprint density at radius 3 is 2.43 bits per heavy atom. The van der Waals surface area contributed by atoms with E-state index in [1.165, 1.54) is 0 Å². The maximum absolute atomic E-state index is 3.89. The molecule has 0 spiro atoms. The third kappa shape index (κ3) is 3.98. The van der Waals surface area contributed by atoms with Gasteiger partial charge >= 0.3 is 0 Å². The molecule has 0 heterocycles. The zero-order valence-corrected chi connectivity index (χ0v) is 6.64. The third-order valence-electron chi connectivity index (χ3n) is 0.518. The molecule has 0 saturated heterocycles. The molecule has 2 heteroatoms. The van der Waals surface area contributed by atoms with Gasteiger partial charge in [0.1, 0.15) is 0 Å². The molecule has 0 aromatic heterocycles. The monoisotopic (exact) mass is 209 g/mol. The van der Waals surface area contributed by atoms with Crippen LogP contribution in [0.3, 0.4) is 0 Å². The molecule has 1 nitrogen and oxygen atoms in total. The molecular formula is C5H8IN. The molecule has 0 rings (SSSR count). The second-order valence-corrected chi connectivity index (χ2v) is 2.15. The van der Waals surface area contributed by atoms with Crippen molar-refractivity contribution in [2.24, 2.45) is 4.99 Å². The van der Waals surface area contributed by atoms with Crippen LogP contribution in [-0.4, -0.2) is 10.8 Å². The summed E-state index contributed by atoms with van der Waals surface area (Å²) in [7, 11) is 1.78. The summed E-state index contributed by atoms with van der Waals surface area (Å²) in [4.78, 5) is 3.89. The van der Waals surface area contributed by atoms with Crippen LogP contribution in [0.25, 0.3) is 0 Å². The summed E-state index contributed by atoms with van der Waals surface area (Å²) >= 11 is 2.17. The van der Waals surface area contributed by atoms with E-state index in [1.54, 1.807) is 7.05 Å². The predicted octanol–water partition coefficient (Wildman–Crippen LogP) is 2.03. The first-order chi connectivity index (χ1) is 3.31. The molecule has 0 aliphatic carbocycles. The number of hydrogen-bond donors (Lipinski definition) is 0. The van der Waals surface area contributed by atoms with Gasteiger partial charge in [0.15, 0.2) is 0 Å². The highest BCUT2D eigenvalue weighted by Crippen LogP contribution is 1.89. The van der Waals surface area contributed by atoms with Crippen LogP contribution in [-0.2, 0) is 0 Å². The van der Waals surface area contributed by atoms with E-state index in [0.29, 0.717) is 0 Å². The molecule has 0 unspecified atom stereocenters. The Bertz CT molecular complexity index is 94.3. The summed E-state index contributed by atoms with van der Waals surface area (Å²) < 4.78 is 1.04. The average molecular weight is 209 g/mol. The fourth-order valence-corrected chi connectivity index (χ4v) is 0.572. The van der Waals surface area contributed by atoms with Crippen molar-refractivity contribution in [1.29, 1.82) is 0 Å². The molecule has 0 fully saturated rings. The van der Waals surface area contributed by atoms with Gasteiger partial charge in [-0.2, -0.15) is 0 Å². The summed E-state index contributed by atoms with van der Waals surface area (Å²) in [6, 6.07) is 0. The molecule has 0 aromatic carbocycles. The highest BCUT2D eigenvalue weighted by molar-refractivity contribution is 14.1. The SMILES string of the molecule is C/C=C\C(I)=NC. The largest absolute Gasteiger partial charge is 0.282 e. The Hall–Kier alpha value is 0.140. The van der Waals surface area contributed by atoms with Gasteiger partial charge < -0.3 is 0 Å². The molecule has 0 atom stereocenters. The van der Waals surface area contributed by atoms with E-state index < -0.39 is 0 Å². The molecule has 0 N–H and O–H groups in total. The van der Waals surface area contributed by atoms with E-state index in [1.807, 2.05) is 19.1 Å². The van der Waals surface area contributed by atoms with Crippen LogP contribution in [0, 0.1) is 0 Å². The maximum Gasteiger partial charge on any atom is 0.0947 e. The lowest BCUT2D eigenvalue weighted by Crippen LogP contribution is -1.72. The Morgan fingerprint density at radius 1 is 1.71 bits per heavy atom. The van der Waals surface area contributed by atoms with E-state index >= 15 is 0 Å².